The molecule has 2 saturated heterocycles. The molecule has 19 heavy (non-hydrogen) atoms. The number of carboxylic acid groups (broad SMARTS) is 1. The molecule has 0 bridgehead atoms. The molecule has 0 aromatic carbocycles. The molecule has 6 nitrogen and oxygen atoms in total. The van der Waals surface area contributed by atoms with E-state index in [0.717, 1.165) is 25.9 Å². The van der Waals surface area contributed by atoms with Gasteiger partial charge in [0, 0.05) is 13.2 Å². The molecule has 2 heterocycles. The van der Waals surface area contributed by atoms with E-state index in [1.807, 2.05) is 13.8 Å². The van der Waals surface area contributed by atoms with Crippen LogP contribution in [-0.2, 0) is 9.53 Å². The number of ether oxygens (including phenoxy) is 1. The molecule has 0 saturated carbocycles. The Morgan fingerprint density at radius 1 is 1.42 bits per heavy atom. The first-order chi connectivity index (χ1) is 9.00. The van der Waals surface area contributed by atoms with E-state index in [-0.39, 0.29) is 24.1 Å². The van der Waals surface area contributed by atoms with Crippen molar-refractivity contribution in [2.45, 2.75) is 51.3 Å². The number of carboxylic acids is 1. The van der Waals surface area contributed by atoms with Crippen LogP contribution in [0.15, 0.2) is 0 Å². The number of carbonyl (C=O) groups excluding carboxylic acids is 1. The van der Waals surface area contributed by atoms with Crippen molar-refractivity contribution in [3.05, 3.63) is 0 Å². The van der Waals surface area contributed by atoms with Gasteiger partial charge in [0.2, 0.25) is 0 Å². The summed E-state index contributed by atoms with van der Waals surface area (Å²) < 4.78 is 5.52. The summed E-state index contributed by atoms with van der Waals surface area (Å²) in [5.41, 5.74) is 0. The number of amides is 2. The summed E-state index contributed by atoms with van der Waals surface area (Å²) in [5.74, 6) is -0.925. The lowest BCUT2D eigenvalue weighted by Crippen LogP contribution is -2.51. The van der Waals surface area contributed by atoms with Crippen LogP contribution >= 0.6 is 0 Å². The highest BCUT2D eigenvalue weighted by Crippen LogP contribution is 2.24. The molecule has 0 aromatic rings. The number of likely N-dealkylation sites (tertiary alicyclic amines) is 1. The third kappa shape index (κ3) is 3.00. The van der Waals surface area contributed by atoms with E-state index < -0.39 is 12.0 Å². The van der Waals surface area contributed by atoms with Crippen LogP contribution in [0.4, 0.5) is 4.79 Å². The van der Waals surface area contributed by atoms with Crippen LogP contribution in [0.2, 0.25) is 0 Å². The van der Waals surface area contributed by atoms with E-state index >= 15 is 0 Å². The van der Waals surface area contributed by atoms with Crippen molar-refractivity contribution >= 4 is 12.0 Å². The van der Waals surface area contributed by atoms with Crippen LogP contribution in [0, 0.1) is 5.92 Å². The molecular formula is C13H22N2O4. The third-order valence-corrected chi connectivity index (χ3v) is 4.09. The van der Waals surface area contributed by atoms with E-state index in [9.17, 15) is 14.7 Å². The van der Waals surface area contributed by atoms with Gasteiger partial charge in [-0.2, -0.15) is 0 Å². The molecule has 2 aliphatic heterocycles. The topological polar surface area (TPSA) is 78.9 Å². The minimum Gasteiger partial charge on any atom is -0.480 e. The fraction of sp³-hybridized carbons (Fsp3) is 0.846. The summed E-state index contributed by atoms with van der Waals surface area (Å²) in [6.07, 6.45) is 2.75. The maximum Gasteiger partial charge on any atom is 0.326 e. The maximum absolute atomic E-state index is 12.2. The van der Waals surface area contributed by atoms with Crippen LogP contribution in [0.1, 0.15) is 33.1 Å². The first-order valence-electron chi connectivity index (χ1n) is 6.92. The van der Waals surface area contributed by atoms with Gasteiger partial charge in [-0.15, -0.1) is 0 Å². The number of rotatable bonds is 3. The fourth-order valence-corrected chi connectivity index (χ4v) is 2.92. The Labute approximate surface area is 113 Å². The summed E-state index contributed by atoms with van der Waals surface area (Å²) in [6, 6.07) is -1.09. The van der Waals surface area contributed by atoms with Crippen molar-refractivity contribution in [1.82, 2.24) is 10.2 Å². The van der Waals surface area contributed by atoms with Crippen LogP contribution in [0.5, 0.6) is 0 Å². The van der Waals surface area contributed by atoms with Crippen LogP contribution < -0.4 is 5.32 Å². The molecule has 4 atom stereocenters. The summed E-state index contributed by atoms with van der Waals surface area (Å²) in [4.78, 5) is 24.8. The van der Waals surface area contributed by atoms with Crippen LogP contribution in [0.3, 0.4) is 0 Å². The molecule has 2 rings (SSSR count). The minimum atomic E-state index is -0.926. The van der Waals surface area contributed by atoms with Crippen molar-refractivity contribution < 1.29 is 19.4 Å². The monoisotopic (exact) mass is 270 g/mol. The fourth-order valence-electron chi connectivity index (χ4n) is 2.92. The standard InChI is InChI=1S/C13H22N2O4/c1-8-5-6-15(11(8)12(16)17)13(18)14-9(2)10-4-3-7-19-10/h8-11H,3-7H2,1-2H3,(H,14,18)(H,16,17). The smallest absolute Gasteiger partial charge is 0.326 e. The summed E-state index contributed by atoms with van der Waals surface area (Å²) in [6.45, 7) is 5.02. The van der Waals surface area contributed by atoms with Crippen molar-refractivity contribution in [3.63, 3.8) is 0 Å². The highest BCUT2D eigenvalue weighted by Gasteiger charge is 2.40. The molecule has 0 aliphatic carbocycles. The molecule has 0 radical (unpaired) electrons. The molecule has 4 unspecified atom stereocenters. The van der Waals surface area contributed by atoms with E-state index in [4.69, 9.17) is 4.74 Å². The SMILES string of the molecule is CC1CCN(C(=O)NC(C)C2CCCO2)C1C(=O)O. The molecule has 108 valence electrons. The van der Waals surface area contributed by atoms with Gasteiger partial charge in [0.1, 0.15) is 6.04 Å². The molecule has 0 spiro atoms. The predicted molar refractivity (Wildman–Crippen MR) is 68.9 cm³/mol. The number of nitrogens with zero attached hydrogens (tertiary/aromatic N) is 1. The average molecular weight is 270 g/mol. The number of hydrogen-bond donors (Lipinski definition) is 2. The zero-order valence-electron chi connectivity index (χ0n) is 11.5. The zero-order chi connectivity index (χ0) is 14.0. The first kappa shape index (κ1) is 14.1. The van der Waals surface area contributed by atoms with Crippen LogP contribution in [0.25, 0.3) is 0 Å². The van der Waals surface area contributed by atoms with Crippen molar-refractivity contribution in [3.8, 4) is 0 Å². The zero-order valence-corrected chi connectivity index (χ0v) is 11.5. The van der Waals surface area contributed by atoms with Gasteiger partial charge in [-0.25, -0.2) is 9.59 Å². The second-order valence-corrected chi connectivity index (χ2v) is 5.53. The summed E-state index contributed by atoms with van der Waals surface area (Å²) in [5, 5.41) is 12.1. The second kappa shape index (κ2) is 5.77. The molecular weight excluding hydrogens is 248 g/mol. The Bertz CT molecular complexity index is 355. The average Bonchev–Trinajstić information content (AvgIpc) is 2.96. The van der Waals surface area contributed by atoms with Gasteiger partial charge in [0.25, 0.3) is 0 Å². The Morgan fingerprint density at radius 2 is 2.16 bits per heavy atom. The maximum atomic E-state index is 12.2. The van der Waals surface area contributed by atoms with Gasteiger partial charge in [-0.05, 0) is 32.1 Å². The highest BCUT2D eigenvalue weighted by molar-refractivity contribution is 5.83. The van der Waals surface area contributed by atoms with E-state index in [2.05, 4.69) is 5.32 Å². The normalized spacial score (nSPS) is 32.3. The number of hydrogen-bond acceptors (Lipinski definition) is 3. The van der Waals surface area contributed by atoms with Gasteiger partial charge in [-0.3, -0.25) is 0 Å². The number of aliphatic carboxylic acids is 1. The molecule has 2 amide bonds. The third-order valence-electron chi connectivity index (χ3n) is 4.09. The van der Waals surface area contributed by atoms with Gasteiger partial charge < -0.3 is 20.1 Å². The number of carbonyl (C=O) groups is 2. The quantitative estimate of drug-likeness (QED) is 0.803. The van der Waals surface area contributed by atoms with Gasteiger partial charge in [0.15, 0.2) is 0 Å². The van der Waals surface area contributed by atoms with Gasteiger partial charge >= 0.3 is 12.0 Å². The Balaban J connectivity index is 1.93. The lowest BCUT2D eigenvalue weighted by atomic mass is 10.0. The molecule has 0 aromatic heterocycles. The Kier molecular flexibility index (Phi) is 4.29. The molecule has 2 N–H and O–H groups in total. The molecule has 6 heteroatoms. The summed E-state index contributed by atoms with van der Waals surface area (Å²) in [7, 11) is 0. The minimum absolute atomic E-state index is 0.00119. The van der Waals surface area contributed by atoms with Crippen LogP contribution in [-0.4, -0.2) is 53.3 Å². The second-order valence-electron chi connectivity index (χ2n) is 5.53. The largest absolute Gasteiger partial charge is 0.480 e. The predicted octanol–water partition coefficient (Wildman–Crippen LogP) is 1.06. The first-order valence-corrected chi connectivity index (χ1v) is 6.92. The van der Waals surface area contributed by atoms with Gasteiger partial charge in [0.05, 0.1) is 12.1 Å². The van der Waals surface area contributed by atoms with E-state index in [1.54, 1.807) is 0 Å². The van der Waals surface area contributed by atoms with E-state index in [1.165, 1.54) is 4.90 Å². The highest BCUT2D eigenvalue weighted by atomic mass is 16.5. The number of urea groups is 1. The summed E-state index contributed by atoms with van der Waals surface area (Å²) >= 11 is 0. The Hall–Kier alpha value is -1.30. The Morgan fingerprint density at radius 3 is 2.74 bits per heavy atom. The lowest BCUT2D eigenvalue weighted by molar-refractivity contribution is -0.142. The lowest BCUT2D eigenvalue weighted by Gasteiger charge is -2.27. The van der Waals surface area contributed by atoms with E-state index in [0.29, 0.717) is 6.54 Å². The molecule has 2 fully saturated rings. The molecule has 2 aliphatic rings. The van der Waals surface area contributed by atoms with Crippen molar-refractivity contribution in [2.75, 3.05) is 13.2 Å². The number of nitrogens with one attached hydrogen (secondary N) is 1. The van der Waals surface area contributed by atoms with Gasteiger partial charge in [-0.1, -0.05) is 6.92 Å². The van der Waals surface area contributed by atoms with Crippen molar-refractivity contribution in [1.29, 1.82) is 0 Å². The van der Waals surface area contributed by atoms with Crippen molar-refractivity contribution in [2.24, 2.45) is 5.92 Å².